The fraction of sp³-hybridized carbons (Fsp3) is 0.231. The SMILES string of the molecule is CCOc1cc(-c2cc(NCCn3c(C#N)cc4c(C)ccc(F)c43)ncn2)ccc1OCC(=O)O. The zero-order valence-corrected chi connectivity index (χ0v) is 19.8. The number of aliphatic carboxylic acids is 1. The highest BCUT2D eigenvalue weighted by atomic mass is 19.1. The van der Waals surface area contributed by atoms with Gasteiger partial charge >= 0.3 is 5.97 Å². The van der Waals surface area contributed by atoms with Crippen LogP contribution in [0.25, 0.3) is 22.2 Å². The Morgan fingerprint density at radius 1 is 1.17 bits per heavy atom. The third kappa shape index (κ3) is 5.20. The molecule has 2 aromatic heterocycles. The van der Waals surface area contributed by atoms with Gasteiger partial charge in [0.1, 0.15) is 29.7 Å². The monoisotopic (exact) mass is 489 g/mol. The average Bonchev–Trinajstić information content (AvgIpc) is 3.26. The molecule has 10 heteroatoms. The fourth-order valence-corrected chi connectivity index (χ4v) is 3.90. The molecule has 0 saturated carbocycles. The molecule has 0 aliphatic rings. The van der Waals surface area contributed by atoms with Crippen molar-refractivity contribution in [3.63, 3.8) is 0 Å². The summed E-state index contributed by atoms with van der Waals surface area (Å²) in [5, 5.41) is 22.3. The predicted molar refractivity (Wildman–Crippen MR) is 132 cm³/mol. The van der Waals surface area contributed by atoms with E-state index in [0.29, 0.717) is 53.9 Å². The normalized spacial score (nSPS) is 10.7. The van der Waals surface area contributed by atoms with E-state index in [4.69, 9.17) is 14.6 Å². The van der Waals surface area contributed by atoms with Crippen LogP contribution in [-0.2, 0) is 11.3 Å². The molecule has 0 saturated heterocycles. The maximum Gasteiger partial charge on any atom is 0.341 e. The van der Waals surface area contributed by atoms with Gasteiger partial charge in [-0.15, -0.1) is 0 Å². The lowest BCUT2D eigenvalue weighted by molar-refractivity contribution is -0.139. The van der Waals surface area contributed by atoms with E-state index in [0.717, 1.165) is 16.5 Å². The van der Waals surface area contributed by atoms with Gasteiger partial charge in [-0.25, -0.2) is 19.2 Å². The molecule has 0 fully saturated rings. The van der Waals surface area contributed by atoms with Gasteiger partial charge in [-0.3, -0.25) is 0 Å². The minimum absolute atomic E-state index is 0.324. The number of hydrogen-bond acceptors (Lipinski definition) is 7. The second-order valence-electron chi connectivity index (χ2n) is 7.91. The summed E-state index contributed by atoms with van der Waals surface area (Å²) in [7, 11) is 0. The fourth-order valence-electron chi connectivity index (χ4n) is 3.90. The zero-order chi connectivity index (χ0) is 25.7. The van der Waals surface area contributed by atoms with Gasteiger partial charge in [-0.05, 0) is 49.7 Å². The molecule has 2 heterocycles. The van der Waals surface area contributed by atoms with Crippen molar-refractivity contribution in [1.82, 2.24) is 14.5 Å². The van der Waals surface area contributed by atoms with Gasteiger partial charge in [-0.1, -0.05) is 6.07 Å². The van der Waals surface area contributed by atoms with Gasteiger partial charge in [0.05, 0.1) is 17.8 Å². The number of carboxylic acids is 1. The van der Waals surface area contributed by atoms with Gasteiger partial charge in [0.15, 0.2) is 18.1 Å². The van der Waals surface area contributed by atoms with Crippen LogP contribution in [0.3, 0.4) is 0 Å². The molecular weight excluding hydrogens is 465 g/mol. The molecular formula is C26H24FN5O4. The molecule has 4 rings (SSSR count). The summed E-state index contributed by atoms with van der Waals surface area (Å²) in [5.74, 6) is -0.172. The Morgan fingerprint density at radius 3 is 2.75 bits per heavy atom. The van der Waals surface area contributed by atoms with E-state index in [1.54, 1.807) is 41.0 Å². The second-order valence-corrected chi connectivity index (χ2v) is 7.91. The quantitative estimate of drug-likeness (QED) is 0.336. The number of fused-ring (bicyclic) bond motifs is 1. The summed E-state index contributed by atoms with van der Waals surface area (Å²) in [4.78, 5) is 19.4. The molecule has 0 atom stereocenters. The van der Waals surface area contributed by atoms with Crippen molar-refractivity contribution in [2.24, 2.45) is 0 Å². The highest BCUT2D eigenvalue weighted by Gasteiger charge is 2.15. The molecule has 9 nitrogen and oxygen atoms in total. The summed E-state index contributed by atoms with van der Waals surface area (Å²) < 4.78 is 27.1. The Balaban J connectivity index is 1.52. The second kappa shape index (κ2) is 10.7. The van der Waals surface area contributed by atoms with Gasteiger partial charge in [0.25, 0.3) is 0 Å². The van der Waals surface area contributed by atoms with Crippen molar-refractivity contribution >= 4 is 22.7 Å². The number of aryl methyl sites for hydroxylation is 1. The molecule has 4 aromatic rings. The number of nitrogens with zero attached hydrogens (tertiary/aromatic N) is 4. The topological polar surface area (TPSA) is 122 Å². The van der Waals surface area contributed by atoms with Crippen LogP contribution in [0, 0.1) is 24.1 Å². The smallest absolute Gasteiger partial charge is 0.341 e. The first-order valence-electron chi connectivity index (χ1n) is 11.3. The molecule has 0 aliphatic carbocycles. The number of benzene rings is 2. The molecule has 0 aliphatic heterocycles. The standard InChI is InChI=1S/C26H24FN5O4/c1-3-35-23-10-17(5-7-22(23)36-14-25(33)34)21-12-24(31-15-30-21)29-8-9-32-18(13-28)11-19-16(2)4-6-20(27)26(19)32/h4-7,10-12,15H,3,8-9,14H2,1-2H3,(H,33,34)(H,29,30,31). The first-order valence-corrected chi connectivity index (χ1v) is 11.3. The van der Waals surface area contributed by atoms with Gasteiger partial charge in [0.2, 0.25) is 0 Å². The Bertz CT molecular complexity index is 1460. The first-order chi connectivity index (χ1) is 17.4. The van der Waals surface area contributed by atoms with Crippen LogP contribution in [0.15, 0.2) is 48.8 Å². The van der Waals surface area contributed by atoms with Gasteiger partial charge < -0.3 is 24.5 Å². The average molecular weight is 490 g/mol. The van der Waals surface area contributed by atoms with E-state index in [9.17, 15) is 14.4 Å². The van der Waals surface area contributed by atoms with Crippen molar-refractivity contribution < 1.29 is 23.8 Å². The molecule has 36 heavy (non-hydrogen) atoms. The molecule has 0 bridgehead atoms. The lowest BCUT2D eigenvalue weighted by Gasteiger charge is -2.13. The molecule has 0 amide bonds. The molecule has 184 valence electrons. The van der Waals surface area contributed by atoms with Crippen molar-refractivity contribution in [1.29, 1.82) is 5.26 Å². The highest BCUT2D eigenvalue weighted by Crippen LogP contribution is 2.32. The number of nitrogens with one attached hydrogen (secondary N) is 1. The summed E-state index contributed by atoms with van der Waals surface area (Å²) in [6.07, 6.45) is 1.42. The molecule has 0 spiro atoms. The van der Waals surface area contributed by atoms with Crippen LogP contribution >= 0.6 is 0 Å². The minimum atomic E-state index is -1.08. The van der Waals surface area contributed by atoms with Crippen LogP contribution in [0.5, 0.6) is 11.5 Å². The van der Waals surface area contributed by atoms with E-state index < -0.39 is 12.6 Å². The number of aromatic nitrogens is 3. The van der Waals surface area contributed by atoms with Crippen molar-refractivity contribution in [2.45, 2.75) is 20.4 Å². The van der Waals surface area contributed by atoms with Crippen molar-refractivity contribution in [2.75, 3.05) is 25.1 Å². The molecule has 2 aromatic carbocycles. The molecule has 0 unspecified atom stereocenters. The minimum Gasteiger partial charge on any atom is -0.490 e. The zero-order valence-electron chi connectivity index (χ0n) is 19.8. The number of hydrogen-bond donors (Lipinski definition) is 2. The van der Waals surface area contributed by atoms with Crippen LogP contribution in [0.1, 0.15) is 18.2 Å². The van der Waals surface area contributed by atoms with Crippen LogP contribution in [-0.4, -0.2) is 45.4 Å². The number of carbonyl (C=O) groups is 1. The Hall–Kier alpha value is -4.65. The van der Waals surface area contributed by atoms with E-state index in [2.05, 4.69) is 21.4 Å². The summed E-state index contributed by atoms with van der Waals surface area (Å²) in [6.45, 7) is 4.36. The number of anilines is 1. The summed E-state index contributed by atoms with van der Waals surface area (Å²) in [6, 6.07) is 13.8. The van der Waals surface area contributed by atoms with E-state index in [1.807, 2.05) is 13.8 Å². The third-order valence-corrected chi connectivity index (χ3v) is 5.54. The number of halogens is 1. The third-order valence-electron chi connectivity index (χ3n) is 5.54. The number of ether oxygens (including phenoxy) is 2. The highest BCUT2D eigenvalue weighted by molar-refractivity contribution is 5.86. The van der Waals surface area contributed by atoms with E-state index >= 15 is 0 Å². The van der Waals surface area contributed by atoms with E-state index in [-0.39, 0.29) is 5.82 Å². The number of nitriles is 1. The van der Waals surface area contributed by atoms with Gasteiger partial charge in [0, 0.05) is 30.1 Å². The maximum atomic E-state index is 14.6. The predicted octanol–water partition coefficient (Wildman–Crippen LogP) is 4.39. The number of carboxylic acid groups (broad SMARTS) is 1. The lowest BCUT2D eigenvalue weighted by Crippen LogP contribution is -2.13. The Labute approximate surface area is 206 Å². The van der Waals surface area contributed by atoms with Crippen LogP contribution < -0.4 is 14.8 Å². The number of rotatable bonds is 10. The summed E-state index contributed by atoms with van der Waals surface area (Å²) >= 11 is 0. The lowest BCUT2D eigenvalue weighted by atomic mass is 10.1. The molecule has 2 N–H and O–H groups in total. The van der Waals surface area contributed by atoms with Crippen molar-refractivity contribution in [3.8, 4) is 28.8 Å². The first kappa shape index (κ1) is 24.5. The Morgan fingerprint density at radius 2 is 2.00 bits per heavy atom. The molecule has 0 radical (unpaired) electrons. The van der Waals surface area contributed by atoms with Crippen LogP contribution in [0.4, 0.5) is 10.2 Å². The Kier molecular flexibility index (Phi) is 7.30. The maximum absolute atomic E-state index is 14.6. The van der Waals surface area contributed by atoms with E-state index in [1.165, 1.54) is 12.4 Å². The summed E-state index contributed by atoms with van der Waals surface area (Å²) in [5.41, 5.74) is 3.04. The largest absolute Gasteiger partial charge is 0.490 e. The van der Waals surface area contributed by atoms with Gasteiger partial charge in [-0.2, -0.15) is 5.26 Å². The van der Waals surface area contributed by atoms with Crippen LogP contribution in [0.2, 0.25) is 0 Å². The van der Waals surface area contributed by atoms with Crippen molar-refractivity contribution in [3.05, 3.63) is 65.9 Å².